The first kappa shape index (κ1) is 22.2. The lowest BCUT2D eigenvalue weighted by atomic mass is 10.0. The van der Waals surface area contributed by atoms with E-state index >= 15 is 0 Å². The smallest absolute Gasteiger partial charge is 0.274 e. The second-order valence-corrected chi connectivity index (χ2v) is 7.92. The molecule has 0 aliphatic rings. The fraction of sp³-hybridized carbons (Fsp3) is 0.148. The van der Waals surface area contributed by atoms with E-state index in [1.54, 1.807) is 6.07 Å². The standard InChI is InChI=1S/C27H27N5O/c1-32(2)18-17-28-25-19-24(29-26(31-25)21-13-7-4-8-14-21)27(33)30-23-16-10-9-15-22(23)20-11-5-3-6-12-20/h3-16,19H,17-18H2,1-2H3,(H,30,33)(H,28,29,31). The number of nitrogens with one attached hydrogen (secondary N) is 2. The first-order valence-corrected chi connectivity index (χ1v) is 10.9. The summed E-state index contributed by atoms with van der Waals surface area (Å²) in [6.07, 6.45) is 0. The van der Waals surface area contributed by atoms with E-state index < -0.39 is 0 Å². The summed E-state index contributed by atoms with van der Waals surface area (Å²) in [7, 11) is 4.03. The van der Waals surface area contributed by atoms with Crippen LogP contribution in [0.5, 0.6) is 0 Å². The Morgan fingerprint density at radius 1 is 0.818 bits per heavy atom. The van der Waals surface area contributed by atoms with Crippen LogP contribution >= 0.6 is 0 Å². The zero-order chi connectivity index (χ0) is 23.0. The number of benzene rings is 3. The first-order valence-electron chi connectivity index (χ1n) is 10.9. The van der Waals surface area contributed by atoms with Gasteiger partial charge in [0.25, 0.3) is 5.91 Å². The third-order valence-corrected chi connectivity index (χ3v) is 5.12. The maximum Gasteiger partial charge on any atom is 0.274 e. The number of carbonyl (C=O) groups is 1. The highest BCUT2D eigenvalue weighted by Crippen LogP contribution is 2.28. The van der Waals surface area contributed by atoms with Crippen LogP contribution in [0.4, 0.5) is 11.5 Å². The number of amides is 1. The molecule has 3 aromatic carbocycles. The molecule has 0 spiro atoms. The third kappa shape index (κ3) is 5.81. The van der Waals surface area contributed by atoms with Crippen LogP contribution < -0.4 is 10.6 Å². The fourth-order valence-electron chi connectivity index (χ4n) is 3.43. The third-order valence-electron chi connectivity index (χ3n) is 5.12. The van der Waals surface area contributed by atoms with Crippen molar-refractivity contribution in [3.63, 3.8) is 0 Å². The summed E-state index contributed by atoms with van der Waals surface area (Å²) in [4.78, 5) is 24.6. The topological polar surface area (TPSA) is 70.2 Å². The summed E-state index contributed by atoms with van der Waals surface area (Å²) >= 11 is 0. The molecule has 33 heavy (non-hydrogen) atoms. The molecule has 0 aliphatic carbocycles. The van der Waals surface area contributed by atoms with E-state index in [1.807, 2.05) is 99.0 Å². The molecule has 0 saturated heterocycles. The predicted molar refractivity (Wildman–Crippen MR) is 134 cm³/mol. The van der Waals surface area contributed by atoms with Gasteiger partial charge in [0, 0.05) is 36.0 Å². The van der Waals surface area contributed by atoms with Gasteiger partial charge >= 0.3 is 0 Å². The molecule has 0 radical (unpaired) electrons. The summed E-state index contributed by atoms with van der Waals surface area (Å²) in [5, 5.41) is 6.35. The molecular weight excluding hydrogens is 410 g/mol. The van der Waals surface area contributed by atoms with Crippen molar-refractivity contribution in [3.05, 3.63) is 96.7 Å². The first-order chi connectivity index (χ1) is 16.1. The van der Waals surface area contributed by atoms with Crippen molar-refractivity contribution < 1.29 is 4.79 Å². The molecule has 0 bridgehead atoms. The fourth-order valence-corrected chi connectivity index (χ4v) is 3.43. The second-order valence-electron chi connectivity index (χ2n) is 7.92. The van der Waals surface area contributed by atoms with Gasteiger partial charge in [-0.2, -0.15) is 0 Å². The van der Waals surface area contributed by atoms with Crippen LogP contribution in [0.15, 0.2) is 91.0 Å². The van der Waals surface area contributed by atoms with Gasteiger partial charge in [-0.3, -0.25) is 4.79 Å². The Morgan fingerprint density at radius 3 is 2.15 bits per heavy atom. The van der Waals surface area contributed by atoms with Gasteiger partial charge in [0.2, 0.25) is 0 Å². The van der Waals surface area contributed by atoms with Gasteiger partial charge in [0.1, 0.15) is 11.5 Å². The number of hydrogen-bond acceptors (Lipinski definition) is 5. The van der Waals surface area contributed by atoms with E-state index in [1.165, 1.54) is 0 Å². The summed E-state index contributed by atoms with van der Waals surface area (Å²) in [5.41, 5.74) is 3.88. The Labute approximate surface area is 194 Å². The molecule has 4 aromatic rings. The highest BCUT2D eigenvalue weighted by Gasteiger charge is 2.15. The van der Waals surface area contributed by atoms with Crippen LogP contribution in [-0.4, -0.2) is 48.0 Å². The Kier molecular flexibility index (Phi) is 7.07. The van der Waals surface area contributed by atoms with Crippen molar-refractivity contribution in [1.82, 2.24) is 14.9 Å². The Morgan fingerprint density at radius 2 is 1.45 bits per heavy atom. The molecule has 0 saturated carbocycles. The SMILES string of the molecule is CN(C)CCNc1cc(C(=O)Nc2ccccc2-c2ccccc2)nc(-c2ccccc2)n1. The average molecular weight is 438 g/mol. The largest absolute Gasteiger partial charge is 0.369 e. The van der Waals surface area contributed by atoms with Crippen molar-refractivity contribution in [2.75, 3.05) is 37.8 Å². The number of aromatic nitrogens is 2. The molecule has 0 atom stereocenters. The number of rotatable bonds is 8. The van der Waals surface area contributed by atoms with Gasteiger partial charge in [-0.25, -0.2) is 9.97 Å². The predicted octanol–water partition coefficient (Wildman–Crippen LogP) is 5.04. The van der Waals surface area contributed by atoms with E-state index in [9.17, 15) is 4.79 Å². The molecule has 4 rings (SSSR count). The molecule has 6 nitrogen and oxygen atoms in total. The molecule has 1 heterocycles. The normalized spacial score (nSPS) is 10.8. The number of anilines is 2. The molecular formula is C27H27N5O. The molecule has 1 aromatic heterocycles. The maximum absolute atomic E-state index is 13.3. The summed E-state index contributed by atoms with van der Waals surface area (Å²) in [6.45, 7) is 1.55. The maximum atomic E-state index is 13.3. The van der Waals surface area contributed by atoms with Crippen LogP contribution in [0.1, 0.15) is 10.5 Å². The van der Waals surface area contributed by atoms with Crippen molar-refractivity contribution in [3.8, 4) is 22.5 Å². The van der Waals surface area contributed by atoms with Crippen LogP contribution in [0.3, 0.4) is 0 Å². The molecule has 166 valence electrons. The van der Waals surface area contributed by atoms with E-state index in [2.05, 4.69) is 25.5 Å². The minimum Gasteiger partial charge on any atom is -0.369 e. The van der Waals surface area contributed by atoms with E-state index in [-0.39, 0.29) is 5.91 Å². The van der Waals surface area contributed by atoms with Crippen molar-refractivity contribution >= 4 is 17.4 Å². The summed E-state index contributed by atoms with van der Waals surface area (Å²) in [5.74, 6) is 0.841. The number of nitrogens with zero attached hydrogens (tertiary/aromatic N) is 3. The minimum atomic E-state index is -0.284. The molecule has 0 fully saturated rings. The minimum absolute atomic E-state index is 0.284. The van der Waals surface area contributed by atoms with Crippen molar-refractivity contribution in [2.24, 2.45) is 0 Å². The quantitative estimate of drug-likeness (QED) is 0.404. The molecule has 6 heteroatoms. The van der Waals surface area contributed by atoms with Crippen molar-refractivity contribution in [2.45, 2.75) is 0 Å². The van der Waals surface area contributed by atoms with Gasteiger partial charge in [-0.1, -0.05) is 78.9 Å². The van der Waals surface area contributed by atoms with E-state index in [4.69, 9.17) is 0 Å². The molecule has 2 N–H and O–H groups in total. The zero-order valence-corrected chi connectivity index (χ0v) is 18.8. The van der Waals surface area contributed by atoms with Crippen molar-refractivity contribution in [1.29, 1.82) is 0 Å². The summed E-state index contributed by atoms with van der Waals surface area (Å²) < 4.78 is 0. The monoisotopic (exact) mass is 437 g/mol. The van der Waals surface area contributed by atoms with Crippen LogP contribution in [0, 0.1) is 0 Å². The number of hydrogen-bond donors (Lipinski definition) is 2. The second kappa shape index (κ2) is 10.5. The lowest BCUT2D eigenvalue weighted by Gasteiger charge is -2.14. The average Bonchev–Trinajstić information content (AvgIpc) is 2.85. The summed E-state index contributed by atoms with van der Waals surface area (Å²) in [6, 6.07) is 29.1. The van der Waals surface area contributed by atoms with Gasteiger partial charge in [-0.05, 0) is 25.7 Å². The number of carbonyl (C=O) groups excluding carboxylic acids is 1. The van der Waals surface area contributed by atoms with E-state index in [0.717, 1.165) is 28.9 Å². The lowest BCUT2D eigenvalue weighted by Crippen LogP contribution is -2.22. The van der Waals surface area contributed by atoms with Gasteiger partial charge in [0.15, 0.2) is 5.82 Å². The number of likely N-dealkylation sites (N-methyl/N-ethyl adjacent to an activating group) is 1. The molecule has 0 aliphatic heterocycles. The van der Waals surface area contributed by atoms with Gasteiger partial charge < -0.3 is 15.5 Å². The highest BCUT2D eigenvalue weighted by atomic mass is 16.1. The Balaban J connectivity index is 1.65. The van der Waals surface area contributed by atoms with E-state index in [0.29, 0.717) is 23.9 Å². The zero-order valence-electron chi connectivity index (χ0n) is 18.8. The lowest BCUT2D eigenvalue weighted by molar-refractivity contribution is 0.102. The van der Waals surface area contributed by atoms with Crippen LogP contribution in [0.25, 0.3) is 22.5 Å². The Hall–Kier alpha value is -4.03. The van der Waals surface area contributed by atoms with Crippen LogP contribution in [0.2, 0.25) is 0 Å². The highest BCUT2D eigenvalue weighted by molar-refractivity contribution is 6.05. The van der Waals surface area contributed by atoms with Gasteiger partial charge in [0.05, 0.1) is 0 Å². The molecule has 1 amide bonds. The van der Waals surface area contributed by atoms with Gasteiger partial charge in [-0.15, -0.1) is 0 Å². The number of para-hydroxylation sites is 1. The Bertz CT molecular complexity index is 1210. The molecule has 0 unspecified atom stereocenters. The van der Waals surface area contributed by atoms with Crippen LogP contribution in [-0.2, 0) is 0 Å².